The van der Waals surface area contributed by atoms with E-state index in [0.717, 1.165) is 30.2 Å². The van der Waals surface area contributed by atoms with Crippen LogP contribution in [-0.2, 0) is 24.3 Å². The van der Waals surface area contributed by atoms with Crippen LogP contribution in [0.4, 0.5) is 0 Å². The SMILES string of the molecule is Cc1ncsc1CCOCc1cc(CNC(C)C)c(C)o1. The zero-order chi connectivity index (χ0) is 15.2. The summed E-state index contributed by atoms with van der Waals surface area (Å²) in [7, 11) is 0. The van der Waals surface area contributed by atoms with Crippen LogP contribution in [0.1, 0.15) is 41.5 Å². The molecular weight excluding hydrogens is 284 g/mol. The quantitative estimate of drug-likeness (QED) is 0.757. The number of thiazole rings is 1. The Morgan fingerprint density at radius 3 is 2.86 bits per heavy atom. The lowest BCUT2D eigenvalue weighted by Gasteiger charge is -2.06. The van der Waals surface area contributed by atoms with Gasteiger partial charge < -0.3 is 14.5 Å². The number of aromatic nitrogens is 1. The predicted octanol–water partition coefficient (Wildman–Crippen LogP) is 3.61. The standard InChI is InChI=1S/C16H24N2O2S/c1-11(2)17-8-14-7-15(20-13(14)4)9-19-6-5-16-12(3)18-10-21-16/h7,10-11,17H,5-6,8-9H2,1-4H3. The summed E-state index contributed by atoms with van der Waals surface area (Å²) >= 11 is 1.69. The molecule has 0 aromatic carbocycles. The molecule has 21 heavy (non-hydrogen) atoms. The molecule has 0 radical (unpaired) electrons. The molecule has 2 aromatic heterocycles. The van der Waals surface area contributed by atoms with Gasteiger partial charge in [0.1, 0.15) is 18.1 Å². The molecular formula is C16H24N2O2S. The van der Waals surface area contributed by atoms with Crippen molar-refractivity contribution in [3.63, 3.8) is 0 Å². The molecule has 0 saturated carbocycles. The van der Waals surface area contributed by atoms with Gasteiger partial charge in [-0.2, -0.15) is 0 Å². The first-order valence-corrected chi connectivity index (χ1v) is 8.22. The minimum atomic E-state index is 0.474. The van der Waals surface area contributed by atoms with E-state index in [1.807, 2.05) is 19.4 Å². The predicted molar refractivity (Wildman–Crippen MR) is 85.6 cm³/mol. The van der Waals surface area contributed by atoms with Gasteiger partial charge in [-0.3, -0.25) is 0 Å². The van der Waals surface area contributed by atoms with Crippen LogP contribution in [-0.4, -0.2) is 17.6 Å². The molecule has 1 N–H and O–H groups in total. The molecule has 2 aromatic rings. The van der Waals surface area contributed by atoms with Gasteiger partial charge in [0.2, 0.25) is 0 Å². The Balaban J connectivity index is 1.76. The molecule has 2 heterocycles. The summed E-state index contributed by atoms with van der Waals surface area (Å²) in [4.78, 5) is 5.54. The summed E-state index contributed by atoms with van der Waals surface area (Å²) in [5.74, 6) is 1.87. The van der Waals surface area contributed by atoms with Crippen LogP contribution >= 0.6 is 11.3 Å². The third-order valence-electron chi connectivity index (χ3n) is 3.34. The fraction of sp³-hybridized carbons (Fsp3) is 0.562. The van der Waals surface area contributed by atoms with E-state index in [4.69, 9.17) is 9.15 Å². The van der Waals surface area contributed by atoms with Crippen molar-refractivity contribution in [2.45, 2.75) is 53.3 Å². The Bertz CT molecular complexity index is 560. The molecule has 0 atom stereocenters. The second kappa shape index (κ2) is 7.73. The monoisotopic (exact) mass is 308 g/mol. The van der Waals surface area contributed by atoms with Crippen LogP contribution in [0.5, 0.6) is 0 Å². The van der Waals surface area contributed by atoms with Crippen LogP contribution < -0.4 is 5.32 Å². The second-order valence-electron chi connectivity index (χ2n) is 5.49. The number of nitrogens with zero attached hydrogens (tertiary/aromatic N) is 1. The molecule has 0 aliphatic heterocycles. The Morgan fingerprint density at radius 1 is 1.38 bits per heavy atom. The van der Waals surface area contributed by atoms with Gasteiger partial charge in [0, 0.05) is 29.4 Å². The molecule has 5 heteroatoms. The van der Waals surface area contributed by atoms with Crippen molar-refractivity contribution in [3.8, 4) is 0 Å². The van der Waals surface area contributed by atoms with Gasteiger partial charge >= 0.3 is 0 Å². The van der Waals surface area contributed by atoms with E-state index < -0.39 is 0 Å². The first kappa shape index (κ1) is 16.2. The smallest absolute Gasteiger partial charge is 0.130 e. The third kappa shape index (κ3) is 4.95. The van der Waals surface area contributed by atoms with Gasteiger partial charge in [-0.15, -0.1) is 11.3 Å². The fourth-order valence-corrected chi connectivity index (χ4v) is 2.81. The first-order chi connectivity index (χ1) is 10.1. The lowest BCUT2D eigenvalue weighted by atomic mass is 10.2. The van der Waals surface area contributed by atoms with E-state index in [2.05, 4.69) is 30.2 Å². The number of aryl methyl sites for hydroxylation is 2. The summed E-state index contributed by atoms with van der Waals surface area (Å²) in [6.45, 7) is 10.4. The first-order valence-electron chi connectivity index (χ1n) is 7.34. The maximum Gasteiger partial charge on any atom is 0.130 e. The molecule has 0 unspecified atom stereocenters. The molecule has 2 rings (SSSR count). The zero-order valence-electron chi connectivity index (χ0n) is 13.2. The second-order valence-corrected chi connectivity index (χ2v) is 6.43. The maximum atomic E-state index is 5.73. The average Bonchev–Trinajstić information content (AvgIpc) is 2.99. The molecule has 0 saturated heterocycles. The summed E-state index contributed by atoms with van der Waals surface area (Å²) in [5.41, 5.74) is 4.20. The van der Waals surface area contributed by atoms with Crippen molar-refractivity contribution in [2.24, 2.45) is 0 Å². The Labute approximate surface area is 130 Å². The molecule has 0 fully saturated rings. The van der Waals surface area contributed by atoms with E-state index in [-0.39, 0.29) is 0 Å². The maximum absolute atomic E-state index is 5.73. The number of rotatable bonds is 8. The van der Waals surface area contributed by atoms with Gasteiger partial charge in [-0.25, -0.2) is 4.98 Å². The number of furan rings is 1. The Kier molecular flexibility index (Phi) is 5.96. The number of nitrogens with one attached hydrogen (secondary N) is 1. The summed E-state index contributed by atoms with van der Waals surface area (Å²) in [6.07, 6.45) is 0.915. The highest BCUT2D eigenvalue weighted by Gasteiger charge is 2.08. The van der Waals surface area contributed by atoms with Crippen LogP contribution in [0.2, 0.25) is 0 Å². The summed E-state index contributed by atoms with van der Waals surface area (Å²) in [6, 6.07) is 2.56. The van der Waals surface area contributed by atoms with Gasteiger partial charge in [-0.1, -0.05) is 13.8 Å². The van der Waals surface area contributed by atoms with Crippen molar-refractivity contribution in [3.05, 3.63) is 39.2 Å². The van der Waals surface area contributed by atoms with E-state index in [0.29, 0.717) is 19.3 Å². The largest absolute Gasteiger partial charge is 0.464 e. The zero-order valence-corrected chi connectivity index (χ0v) is 14.0. The number of hydrogen-bond acceptors (Lipinski definition) is 5. The van der Waals surface area contributed by atoms with E-state index in [1.165, 1.54) is 10.4 Å². The van der Waals surface area contributed by atoms with Crippen molar-refractivity contribution >= 4 is 11.3 Å². The molecule has 0 amide bonds. The summed E-state index contributed by atoms with van der Waals surface area (Å²) < 4.78 is 11.4. The van der Waals surface area contributed by atoms with Crippen molar-refractivity contribution in [1.29, 1.82) is 0 Å². The average molecular weight is 308 g/mol. The summed E-state index contributed by atoms with van der Waals surface area (Å²) in [5, 5.41) is 3.40. The van der Waals surface area contributed by atoms with Gasteiger partial charge in [0.15, 0.2) is 0 Å². The molecule has 0 aliphatic rings. The Morgan fingerprint density at radius 2 is 2.19 bits per heavy atom. The van der Waals surface area contributed by atoms with Crippen molar-refractivity contribution in [1.82, 2.24) is 10.3 Å². The van der Waals surface area contributed by atoms with Crippen LogP contribution in [0.3, 0.4) is 0 Å². The number of ether oxygens (including phenoxy) is 1. The highest BCUT2D eigenvalue weighted by molar-refractivity contribution is 7.09. The fourth-order valence-electron chi connectivity index (χ4n) is 2.05. The molecule has 0 aliphatic carbocycles. The normalized spacial score (nSPS) is 11.5. The minimum absolute atomic E-state index is 0.474. The molecule has 0 bridgehead atoms. The lowest BCUT2D eigenvalue weighted by Crippen LogP contribution is -2.21. The van der Waals surface area contributed by atoms with Crippen molar-refractivity contribution in [2.75, 3.05) is 6.61 Å². The topological polar surface area (TPSA) is 47.3 Å². The van der Waals surface area contributed by atoms with E-state index >= 15 is 0 Å². The highest BCUT2D eigenvalue weighted by Crippen LogP contribution is 2.16. The Hall–Kier alpha value is -1.17. The van der Waals surface area contributed by atoms with Gasteiger partial charge in [-0.05, 0) is 19.9 Å². The highest BCUT2D eigenvalue weighted by atomic mass is 32.1. The molecule has 0 spiro atoms. The lowest BCUT2D eigenvalue weighted by molar-refractivity contribution is 0.108. The molecule has 116 valence electrons. The van der Waals surface area contributed by atoms with Gasteiger partial charge in [0.05, 0.1) is 17.8 Å². The van der Waals surface area contributed by atoms with Crippen molar-refractivity contribution < 1.29 is 9.15 Å². The van der Waals surface area contributed by atoms with E-state index in [9.17, 15) is 0 Å². The minimum Gasteiger partial charge on any atom is -0.464 e. The molecule has 4 nitrogen and oxygen atoms in total. The van der Waals surface area contributed by atoms with Crippen LogP contribution in [0.25, 0.3) is 0 Å². The van der Waals surface area contributed by atoms with Gasteiger partial charge in [0.25, 0.3) is 0 Å². The van der Waals surface area contributed by atoms with Crippen LogP contribution in [0.15, 0.2) is 16.0 Å². The third-order valence-corrected chi connectivity index (χ3v) is 4.33. The number of hydrogen-bond donors (Lipinski definition) is 1. The van der Waals surface area contributed by atoms with E-state index in [1.54, 1.807) is 11.3 Å². The van der Waals surface area contributed by atoms with Crippen LogP contribution in [0, 0.1) is 13.8 Å².